The van der Waals surface area contributed by atoms with Gasteiger partial charge in [0.25, 0.3) is 10.0 Å². The molecular formula is C20H24ClN7O3S. The Morgan fingerprint density at radius 1 is 1.19 bits per heavy atom. The number of sulfonamides is 1. The van der Waals surface area contributed by atoms with Gasteiger partial charge in [0.15, 0.2) is 0 Å². The van der Waals surface area contributed by atoms with Gasteiger partial charge in [-0.05, 0) is 30.7 Å². The predicted octanol–water partition coefficient (Wildman–Crippen LogP) is 2.43. The summed E-state index contributed by atoms with van der Waals surface area (Å²) < 4.78 is 34.9. The van der Waals surface area contributed by atoms with Crippen molar-refractivity contribution < 1.29 is 13.2 Å². The van der Waals surface area contributed by atoms with Crippen LogP contribution in [-0.2, 0) is 23.5 Å². The zero-order valence-electron chi connectivity index (χ0n) is 17.7. The molecule has 3 aromatic rings. The first-order chi connectivity index (χ1) is 15.4. The molecule has 0 saturated carbocycles. The van der Waals surface area contributed by atoms with Crippen molar-refractivity contribution in [3.63, 3.8) is 0 Å². The number of piperazine rings is 1. The summed E-state index contributed by atoms with van der Waals surface area (Å²) in [6.45, 7) is 5.69. The number of halogens is 1. The van der Waals surface area contributed by atoms with Crippen molar-refractivity contribution in [2.75, 3.05) is 35.8 Å². The van der Waals surface area contributed by atoms with Crippen LogP contribution in [0.25, 0.3) is 0 Å². The number of anilines is 2. The summed E-state index contributed by atoms with van der Waals surface area (Å²) >= 11 is 6.31. The summed E-state index contributed by atoms with van der Waals surface area (Å²) in [7, 11) is -2.29. The smallest absolute Gasteiger partial charge is 0.267 e. The monoisotopic (exact) mass is 477 g/mol. The Bertz CT molecular complexity index is 1190. The van der Waals surface area contributed by atoms with Crippen LogP contribution in [-0.4, -0.2) is 54.3 Å². The molecule has 1 fully saturated rings. The van der Waals surface area contributed by atoms with Crippen molar-refractivity contribution >= 4 is 33.3 Å². The topological polar surface area (TPSA) is 114 Å². The minimum absolute atomic E-state index is 0.00902. The van der Waals surface area contributed by atoms with Crippen LogP contribution >= 0.6 is 11.6 Å². The fourth-order valence-electron chi connectivity index (χ4n) is 3.34. The van der Waals surface area contributed by atoms with Gasteiger partial charge in [0.1, 0.15) is 15.8 Å². The van der Waals surface area contributed by atoms with Gasteiger partial charge in [0, 0.05) is 45.1 Å². The molecule has 32 heavy (non-hydrogen) atoms. The molecular weight excluding hydrogens is 454 g/mol. The molecule has 4 rings (SSSR count). The normalized spacial score (nSPS) is 14.4. The maximum absolute atomic E-state index is 12.6. The lowest BCUT2D eigenvalue weighted by Crippen LogP contribution is -2.43. The number of aromatic nitrogens is 4. The average Bonchev–Trinajstić information content (AvgIpc) is 3.22. The van der Waals surface area contributed by atoms with E-state index in [4.69, 9.17) is 16.3 Å². The van der Waals surface area contributed by atoms with Crippen molar-refractivity contribution in [2.24, 2.45) is 7.05 Å². The summed E-state index contributed by atoms with van der Waals surface area (Å²) in [5, 5.41) is 7.34. The van der Waals surface area contributed by atoms with E-state index in [-0.39, 0.29) is 21.9 Å². The number of ether oxygens (including phenoxy) is 1. The van der Waals surface area contributed by atoms with Crippen molar-refractivity contribution in [3.8, 4) is 11.6 Å². The van der Waals surface area contributed by atoms with E-state index in [1.165, 1.54) is 17.1 Å². The van der Waals surface area contributed by atoms with Crippen LogP contribution in [0.15, 0.2) is 41.6 Å². The SMILES string of the molecule is CCc1c(Cl)nc(NS(=O)(=O)c2cnn(C)c2)nc1Oc1ccc(N2CCNCC2)cc1. The molecule has 12 heteroatoms. The fourth-order valence-corrected chi connectivity index (χ4v) is 4.56. The molecule has 10 nitrogen and oxygen atoms in total. The summed E-state index contributed by atoms with van der Waals surface area (Å²) in [5.74, 6) is 0.587. The van der Waals surface area contributed by atoms with E-state index in [0.717, 1.165) is 31.9 Å². The standard InChI is InChI=1S/C20H24ClN7O3S/c1-3-17-18(21)24-20(26-32(29,30)16-12-23-27(2)13-16)25-19(17)31-15-6-4-14(5-7-15)28-10-8-22-9-11-28/h4-7,12-13,22H,3,8-11H2,1-2H3,(H,24,25,26). The first kappa shape index (κ1) is 22.3. The minimum Gasteiger partial charge on any atom is -0.439 e. The van der Waals surface area contributed by atoms with E-state index < -0.39 is 10.0 Å². The highest BCUT2D eigenvalue weighted by atomic mass is 35.5. The van der Waals surface area contributed by atoms with Crippen LogP contribution in [0.4, 0.5) is 11.6 Å². The van der Waals surface area contributed by atoms with E-state index in [1.54, 1.807) is 7.05 Å². The van der Waals surface area contributed by atoms with Gasteiger partial charge in [-0.3, -0.25) is 4.68 Å². The lowest BCUT2D eigenvalue weighted by molar-refractivity contribution is 0.456. The van der Waals surface area contributed by atoms with Crippen molar-refractivity contribution in [3.05, 3.63) is 47.4 Å². The van der Waals surface area contributed by atoms with Crippen LogP contribution in [0.2, 0.25) is 5.15 Å². The maximum atomic E-state index is 12.6. The lowest BCUT2D eigenvalue weighted by atomic mass is 10.2. The first-order valence-electron chi connectivity index (χ1n) is 10.2. The number of hydrogen-bond donors (Lipinski definition) is 2. The van der Waals surface area contributed by atoms with Crippen molar-refractivity contribution in [1.82, 2.24) is 25.1 Å². The third-order valence-electron chi connectivity index (χ3n) is 5.02. The van der Waals surface area contributed by atoms with Crippen LogP contribution in [0.5, 0.6) is 11.6 Å². The van der Waals surface area contributed by atoms with Gasteiger partial charge in [0.2, 0.25) is 11.8 Å². The molecule has 1 aliphatic heterocycles. The van der Waals surface area contributed by atoms with Gasteiger partial charge < -0.3 is 15.0 Å². The van der Waals surface area contributed by atoms with E-state index in [0.29, 0.717) is 17.7 Å². The largest absolute Gasteiger partial charge is 0.439 e. The van der Waals surface area contributed by atoms with Crippen molar-refractivity contribution in [2.45, 2.75) is 18.2 Å². The molecule has 0 spiro atoms. The van der Waals surface area contributed by atoms with Crippen LogP contribution in [0, 0.1) is 0 Å². The van der Waals surface area contributed by atoms with E-state index in [9.17, 15) is 8.42 Å². The molecule has 0 atom stereocenters. The third-order valence-corrected chi connectivity index (χ3v) is 6.62. The highest BCUT2D eigenvalue weighted by molar-refractivity contribution is 7.92. The summed E-state index contributed by atoms with van der Waals surface area (Å²) in [6.07, 6.45) is 3.13. The quantitative estimate of drug-likeness (QED) is 0.499. The zero-order valence-corrected chi connectivity index (χ0v) is 19.3. The Morgan fingerprint density at radius 3 is 2.53 bits per heavy atom. The molecule has 1 aromatic carbocycles. The molecule has 0 amide bonds. The number of aryl methyl sites for hydroxylation is 1. The highest BCUT2D eigenvalue weighted by Crippen LogP contribution is 2.31. The van der Waals surface area contributed by atoms with E-state index in [2.05, 4.69) is 30.0 Å². The predicted molar refractivity (Wildman–Crippen MR) is 122 cm³/mol. The Balaban J connectivity index is 1.57. The zero-order chi connectivity index (χ0) is 22.7. The van der Waals surface area contributed by atoms with Gasteiger partial charge in [-0.2, -0.15) is 15.1 Å². The molecule has 0 bridgehead atoms. The molecule has 1 aliphatic rings. The van der Waals surface area contributed by atoms with Gasteiger partial charge >= 0.3 is 0 Å². The second-order valence-corrected chi connectivity index (χ2v) is 9.30. The first-order valence-corrected chi connectivity index (χ1v) is 12.0. The van der Waals surface area contributed by atoms with Gasteiger partial charge in [-0.25, -0.2) is 13.1 Å². The highest BCUT2D eigenvalue weighted by Gasteiger charge is 2.21. The molecule has 1 saturated heterocycles. The van der Waals surface area contributed by atoms with Gasteiger partial charge in [-0.1, -0.05) is 18.5 Å². The number of nitrogens with one attached hydrogen (secondary N) is 2. The number of nitrogens with zero attached hydrogens (tertiary/aromatic N) is 5. The minimum atomic E-state index is -3.92. The molecule has 170 valence electrons. The van der Waals surface area contributed by atoms with Gasteiger partial charge in [0.05, 0.1) is 11.8 Å². The maximum Gasteiger partial charge on any atom is 0.267 e. The second-order valence-electron chi connectivity index (χ2n) is 7.26. The molecule has 0 radical (unpaired) electrons. The molecule has 0 unspecified atom stereocenters. The number of hydrogen-bond acceptors (Lipinski definition) is 8. The number of benzene rings is 1. The van der Waals surface area contributed by atoms with Crippen LogP contribution < -0.4 is 19.7 Å². The van der Waals surface area contributed by atoms with Gasteiger partial charge in [-0.15, -0.1) is 0 Å². The van der Waals surface area contributed by atoms with E-state index >= 15 is 0 Å². The average molecular weight is 478 g/mol. The Morgan fingerprint density at radius 2 is 1.91 bits per heavy atom. The summed E-state index contributed by atoms with van der Waals surface area (Å²) in [6, 6.07) is 7.68. The molecule has 3 heterocycles. The van der Waals surface area contributed by atoms with E-state index in [1.807, 2.05) is 31.2 Å². The lowest BCUT2D eigenvalue weighted by Gasteiger charge is -2.29. The van der Waals surface area contributed by atoms with Crippen LogP contribution in [0.1, 0.15) is 12.5 Å². The number of rotatable bonds is 7. The molecule has 0 aliphatic carbocycles. The molecule has 2 aromatic heterocycles. The Labute approximate surface area is 191 Å². The van der Waals surface area contributed by atoms with Crippen LogP contribution in [0.3, 0.4) is 0 Å². The third kappa shape index (κ3) is 4.95. The summed E-state index contributed by atoms with van der Waals surface area (Å²) in [5.41, 5.74) is 1.70. The Hall–Kier alpha value is -2.89. The summed E-state index contributed by atoms with van der Waals surface area (Å²) in [4.78, 5) is 10.6. The molecule has 2 N–H and O–H groups in total. The van der Waals surface area contributed by atoms with Crippen molar-refractivity contribution in [1.29, 1.82) is 0 Å². The second kappa shape index (κ2) is 9.31. The fraction of sp³-hybridized carbons (Fsp3) is 0.350. The Kier molecular flexibility index (Phi) is 6.49.